The zero-order chi connectivity index (χ0) is 13.2. The molecule has 0 amide bonds. The summed E-state index contributed by atoms with van der Waals surface area (Å²) >= 11 is 5.72. The average molecular weight is 279 g/mol. The molecule has 0 aromatic carbocycles. The summed E-state index contributed by atoms with van der Waals surface area (Å²) in [6.07, 6.45) is -0.404. The van der Waals surface area contributed by atoms with E-state index in [4.69, 9.17) is 11.6 Å². The maximum atomic E-state index is 12.6. The second-order valence-electron chi connectivity index (χ2n) is 4.36. The van der Waals surface area contributed by atoms with Crippen LogP contribution in [-0.2, 0) is 6.18 Å². The van der Waals surface area contributed by atoms with Gasteiger partial charge in [0.2, 0.25) is 0 Å². The van der Waals surface area contributed by atoms with E-state index in [2.05, 4.69) is 4.98 Å². The highest BCUT2D eigenvalue weighted by Gasteiger charge is 2.33. The molecule has 1 aliphatic heterocycles. The van der Waals surface area contributed by atoms with E-state index in [1.165, 1.54) is 6.20 Å². The second kappa shape index (κ2) is 5.34. The van der Waals surface area contributed by atoms with E-state index in [1.807, 2.05) is 4.90 Å². The minimum atomic E-state index is -4.39. The summed E-state index contributed by atoms with van der Waals surface area (Å²) < 4.78 is 37.8. The Balaban J connectivity index is 2.22. The summed E-state index contributed by atoms with van der Waals surface area (Å²) in [6, 6.07) is 2.99. The van der Waals surface area contributed by atoms with Gasteiger partial charge in [-0.3, -0.25) is 4.98 Å². The number of pyridine rings is 1. The molecule has 0 bridgehead atoms. The molecule has 1 aromatic rings. The SMILES string of the molecule is FC(F)(F)c1cc(N2CCCC2CCCl)ccn1. The fraction of sp³-hybridized carbons (Fsp3) is 0.583. The predicted molar refractivity (Wildman–Crippen MR) is 64.9 cm³/mol. The van der Waals surface area contributed by atoms with Gasteiger partial charge in [-0.2, -0.15) is 13.2 Å². The maximum Gasteiger partial charge on any atom is 0.433 e. The normalized spacial score (nSPS) is 20.4. The fourth-order valence-electron chi connectivity index (χ4n) is 2.35. The number of anilines is 1. The van der Waals surface area contributed by atoms with E-state index < -0.39 is 11.9 Å². The van der Waals surface area contributed by atoms with Crippen LogP contribution in [0.2, 0.25) is 0 Å². The molecule has 2 nitrogen and oxygen atoms in total. The zero-order valence-corrected chi connectivity index (χ0v) is 10.5. The van der Waals surface area contributed by atoms with Gasteiger partial charge in [0, 0.05) is 30.4 Å². The lowest BCUT2D eigenvalue weighted by atomic mass is 10.1. The van der Waals surface area contributed by atoms with Crippen molar-refractivity contribution in [2.75, 3.05) is 17.3 Å². The van der Waals surface area contributed by atoms with E-state index in [0.29, 0.717) is 11.6 Å². The van der Waals surface area contributed by atoms with E-state index in [9.17, 15) is 13.2 Å². The van der Waals surface area contributed by atoms with Crippen molar-refractivity contribution < 1.29 is 13.2 Å². The summed E-state index contributed by atoms with van der Waals surface area (Å²) in [5.74, 6) is 0.526. The van der Waals surface area contributed by atoms with Crippen LogP contribution in [0.5, 0.6) is 0 Å². The lowest BCUT2D eigenvalue weighted by Crippen LogP contribution is -2.29. The fourth-order valence-corrected chi connectivity index (χ4v) is 2.61. The first kappa shape index (κ1) is 13.5. The minimum Gasteiger partial charge on any atom is -0.368 e. The smallest absolute Gasteiger partial charge is 0.368 e. The summed E-state index contributed by atoms with van der Waals surface area (Å²) in [6.45, 7) is 0.781. The van der Waals surface area contributed by atoms with Gasteiger partial charge in [-0.15, -0.1) is 11.6 Å². The number of rotatable bonds is 3. The van der Waals surface area contributed by atoms with Crippen molar-refractivity contribution in [2.45, 2.75) is 31.5 Å². The van der Waals surface area contributed by atoms with Gasteiger partial charge < -0.3 is 4.90 Å². The summed E-state index contributed by atoms with van der Waals surface area (Å²) in [5, 5.41) is 0. The molecule has 100 valence electrons. The van der Waals surface area contributed by atoms with Crippen LogP contribution in [0.4, 0.5) is 18.9 Å². The highest BCUT2D eigenvalue weighted by molar-refractivity contribution is 6.17. The number of hydrogen-bond donors (Lipinski definition) is 0. The Hall–Kier alpha value is -0.970. The highest BCUT2D eigenvalue weighted by Crippen LogP contribution is 2.32. The van der Waals surface area contributed by atoms with Gasteiger partial charge in [0.1, 0.15) is 5.69 Å². The third-order valence-corrected chi connectivity index (χ3v) is 3.40. The molecule has 0 saturated carbocycles. The Kier molecular flexibility index (Phi) is 4.00. The first-order valence-electron chi connectivity index (χ1n) is 5.88. The van der Waals surface area contributed by atoms with Gasteiger partial charge in [-0.1, -0.05) is 0 Å². The van der Waals surface area contributed by atoms with Gasteiger partial charge in [0.15, 0.2) is 0 Å². The zero-order valence-electron chi connectivity index (χ0n) is 9.75. The molecule has 0 aliphatic carbocycles. The molecular formula is C12H14ClF3N2. The Morgan fingerprint density at radius 2 is 2.22 bits per heavy atom. The van der Waals surface area contributed by atoms with Crippen molar-refractivity contribution in [1.82, 2.24) is 4.98 Å². The van der Waals surface area contributed by atoms with Gasteiger partial charge >= 0.3 is 6.18 Å². The first-order valence-corrected chi connectivity index (χ1v) is 6.41. The molecule has 18 heavy (non-hydrogen) atoms. The molecule has 1 saturated heterocycles. The molecule has 2 heterocycles. The molecule has 1 atom stereocenters. The van der Waals surface area contributed by atoms with Crippen LogP contribution in [0, 0.1) is 0 Å². The molecule has 1 unspecified atom stereocenters. The van der Waals surface area contributed by atoms with Crippen molar-refractivity contribution in [3.8, 4) is 0 Å². The van der Waals surface area contributed by atoms with Gasteiger partial charge in [0.25, 0.3) is 0 Å². The Morgan fingerprint density at radius 1 is 1.44 bits per heavy atom. The van der Waals surface area contributed by atoms with Crippen LogP contribution in [0.3, 0.4) is 0 Å². The van der Waals surface area contributed by atoms with Crippen LogP contribution in [0.1, 0.15) is 25.0 Å². The van der Waals surface area contributed by atoms with Crippen molar-refractivity contribution in [2.24, 2.45) is 0 Å². The van der Waals surface area contributed by atoms with E-state index >= 15 is 0 Å². The van der Waals surface area contributed by atoms with Crippen molar-refractivity contribution in [3.63, 3.8) is 0 Å². The third kappa shape index (κ3) is 2.88. The van der Waals surface area contributed by atoms with Crippen molar-refractivity contribution in [3.05, 3.63) is 24.0 Å². The quantitative estimate of drug-likeness (QED) is 0.784. The highest BCUT2D eigenvalue weighted by atomic mass is 35.5. The molecule has 1 aliphatic rings. The van der Waals surface area contributed by atoms with Crippen LogP contribution in [0.15, 0.2) is 18.3 Å². The molecule has 1 fully saturated rings. The Bertz CT molecular complexity index is 409. The van der Waals surface area contributed by atoms with E-state index in [-0.39, 0.29) is 6.04 Å². The summed E-state index contributed by atoms with van der Waals surface area (Å²) in [5.41, 5.74) is -0.249. The van der Waals surface area contributed by atoms with Crippen LogP contribution in [0.25, 0.3) is 0 Å². The number of halogens is 4. The maximum absolute atomic E-state index is 12.6. The van der Waals surface area contributed by atoms with Gasteiger partial charge in [0.05, 0.1) is 0 Å². The molecule has 6 heteroatoms. The largest absolute Gasteiger partial charge is 0.433 e. The van der Waals surface area contributed by atoms with Crippen LogP contribution >= 0.6 is 11.6 Å². The Labute approximate surface area is 109 Å². The van der Waals surface area contributed by atoms with Gasteiger partial charge in [-0.05, 0) is 31.4 Å². The van der Waals surface area contributed by atoms with E-state index in [0.717, 1.165) is 31.9 Å². The predicted octanol–water partition coefficient (Wildman–Crippen LogP) is 3.70. The third-order valence-electron chi connectivity index (χ3n) is 3.19. The molecule has 0 spiro atoms. The second-order valence-corrected chi connectivity index (χ2v) is 4.74. The number of nitrogens with zero attached hydrogens (tertiary/aromatic N) is 2. The molecule has 0 radical (unpaired) electrons. The van der Waals surface area contributed by atoms with Crippen LogP contribution in [-0.4, -0.2) is 23.5 Å². The molecule has 2 rings (SSSR count). The topological polar surface area (TPSA) is 16.1 Å². The van der Waals surface area contributed by atoms with Crippen molar-refractivity contribution in [1.29, 1.82) is 0 Å². The number of alkyl halides is 4. The summed E-state index contributed by atoms with van der Waals surface area (Å²) in [7, 11) is 0. The van der Waals surface area contributed by atoms with Crippen LogP contribution < -0.4 is 4.90 Å². The molecular weight excluding hydrogens is 265 g/mol. The van der Waals surface area contributed by atoms with Gasteiger partial charge in [-0.25, -0.2) is 0 Å². The Morgan fingerprint density at radius 3 is 2.89 bits per heavy atom. The number of hydrogen-bond acceptors (Lipinski definition) is 2. The van der Waals surface area contributed by atoms with Crippen molar-refractivity contribution >= 4 is 17.3 Å². The average Bonchev–Trinajstić information content (AvgIpc) is 2.77. The van der Waals surface area contributed by atoms with E-state index in [1.54, 1.807) is 6.07 Å². The molecule has 1 aromatic heterocycles. The lowest BCUT2D eigenvalue weighted by molar-refractivity contribution is -0.141. The number of aromatic nitrogens is 1. The standard InChI is InChI=1S/C12H14ClF3N2/c13-5-3-9-2-1-7-18(9)10-4-6-17-11(8-10)12(14,15)16/h4,6,8-9H,1-3,5,7H2. The summed E-state index contributed by atoms with van der Waals surface area (Å²) in [4.78, 5) is 5.37. The first-order chi connectivity index (χ1) is 8.52. The minimum absolute atomic E-state index is 0.242. The molecule has 0 N–H and O–H groups in total. The lowest BCUT2D eigenvalue weighted by Gasteiger charge is -2.26. The monoisotopic (exact) mass is 278 g/mol.